The van der Waals surface area contributed by atoms with Crippen LogP contribution in [0.1, 0.15) is 19.3 Å². The number of nitro groups is 1. The van der Waals surface area contributed by atoms with E-state index in [2.05, 4.69) is 0 Å². The molecule has 1 saturated heterocycles. The Morgan fingerprint density at radius 2 is 2.23 bits per heavy atom. The molecule has 0 amide bonds. The fraction of sp³-hybridized carbons (Fsp3) is 0.500. The van der Waals surface area contributed by atoms with Gasteiger partial charge in [-0.3, -0.25) is 19.8 Å². The fourth-order valence-corrected chi connectivity index (χ4v) is 2.51. The maximum absolute atomic E-state index is 11.2. The monoisotopic (exact) mass is 330 g/mol. The van der Waals surface area contributed by atoms with Gasteiger partial charge in [-0.25, -0.2) is 0 Å². The number of halogens is 1. The normalized spacial score (nSPS) is 18.3. The molecule has 0 radical (unpaired) electrons. The third-order valence-corrected chi connectivity index (χ3v) is 3.57. The molecule has 1 aromatic rings. The number of hydrogen-bond acceptors (Lipinski definition) is 5. The number of ether oxygens (including phenoxy) is 1. The highest BCUT2D eigenvalue weighted by molar-refractivity contribution is 5.85. The van der Waals surface area contributed by atoms with E-state index < -0.39 is 16.9 Å². The number of benzene rings is 1. The lowest BCUT2D eigenvalue weighted by atomic mass is 10.0. The molecule has 2 rings (SSSR count). The summed E-state index contributed by atoms with van der Waals surface area (Å²) in [5, 5.41) is 19.8. The van der Waals surface area contributed by atoms with Crippen molar-refractivity contribution >= 4 is 24.1 Å². The van der Waals surface area contributed by atoms with Gasteiger partial charge in [0.05, 0.1) is 11.0 Å². The van der Waals surface area contributed by atoms with Crippen LogP contribution in [-0.4, -0.2) is 46.6 Å². The average molecular weight is 331 g/mol. The number of aliphatic carboxylic acids is 1. The van der Waals surface area contributed by atoms with Gasteiger partial charge in [0, 0.05) is 12.6 Å². The Hall–Kier alpha value is -1.86. The highest BCUT2D eigenvalue weighted by Crippen LogP contribution is 2.20. The molecule has 7 nitrogen and oxygen atoms in total. The Morgan fingerprint density at radius 1 is 1.45 bits per heavy atom. The molecule has 1 unspecified atom stereocenters. The van der Waals surface area contributed by atoms with Gasteiger partial charge in [-0.05, 0) is 25.5 Å². The van der Waals surface area contributed by atoms with Gasteiger partial charge in [0.25, 0.3) is 5.69 Å². The lowest BCUT2D eigenvalue weighted by molar-refractivity contribution is -0.384. The molecule has 1 atom stereocenters. The van der Waals surface area contributed by atoms with Gasteiger partial charge in [-0.15, -0.1) is 12.4 Å². The number of carboxylic acid groups (broad SMARTS) is 1. The second kappa shape index (κ2) is 8.55. The molecule has 8 heteroatoms. The quantitative estimate of drug-likeness (QED) is 0.635. The predicted octanol–water partition coefficient (Wildman–Crippen LogP) is 2.33. The number of piperidine rings is 1. The first-order valence-electron chi connectivity index (χ1n) is 6.92. The summed E-state index contributed by atoms with van der Waals surface area (Å²) in [6.45, 7) is 1.56. The molecule has 1 aliphatic rings. The molecule has 22 heavy (non-hydrogen) atoms. The van der Waals surface area contributed by atoms with Gasteiger partial charge >= 0.3 is 5.97 Å². The highest BCUT2D eigenvalue weighted by atomic mass is 35.5. The molecule has 1 aliphatic heterocycles. The van der Waals surface area contributed by atoms with E-state index in [0.29, 0.717) is 25.3 Å². The largest absolute Gasteiger partial charge is 0.492 e. The van der Waals surface area contributed by atoms with Crippen LogP contribution >= 0.6 is 12.4 Å². The van der Waals surface area contributed by atoms with Crippen molar-refractivity contribution in [3.8, 4) is 5.75 Å². The van der Waals surface area contributed by atoms with Crippen molar-refractivity contribution in [1.82, 2.24) is 4.90 Å². The zero-order valence-electron chi connectivity index (χ0n) is 12.0. The minimum atomic E-state index is -0.801. The number of non-ortho nitro benzene ring substituents is 1. The molecule has 1 aromatic carbocycles. The first-order chi connectivity index (χ1) is 10.1. The van der Waals surface area contributed by atoms with E-state index in [1.807, 2.05) is 4.90 Å². The number of likely N-dealkylation sites (tertiary alicyclic amines) is 1. The van der Waals surface area contributed by atoms with Crippen LogP contribution < -0.4 is 4.74 Å². The molecule has 0 spiro atoms. The number of rotatable bonds is 6. The third kappa shape index (κ3) is 4.85. The summed E-state index contributed by atoms with van der Waals surface area (Å²) < 4.78 is 5.49. The number of nitrogens with zero attached hydrogens (tertiary/aromatic N) is 2. The molecule has 122 valence electrons. The molecule has 0 aliphatic carbocycles. The second-order valence-electron chi connectivity index (χ2n) is 4.99. The number of hydrogen-bond donors (Lipinski definition) is 1. The van der Waals surface area contributed by atoms with Gasteiger partial charge in [-0.2, -0.15) is 0 Å². The Morgan fingerprint density at radius 3 is 2.91 bits per heavy atom. The van der Waals surface area contributed by atoms with Crippen LogP contribution in [0.4, 0.5) is 5.69 Å². The fourth-order valence-electron chi connectivity index (χ4n) is 2.51. The molecule has 0 aromatic heterocycles. The van der Waals surface area contributed by atoms with Crippen LogP contribution in [0.25, 0.3) is 0 Å². The molecule has 0 bridgehead atoms. The summed E-state index contributed by atoms with van der Waals surface area (Å²) >= 11 is 0. The Kier molecular flexibility index (Phi) is 7.07. The molecule has 1 heterocycles. The topological polar surface area (TPSA) is 92.9 Å². The average Bonchev–Trinajstić information content (AvgIpc) is 2.48. The van der Waals surface area contributed by atoms with Gasteiger partial charge < -0.3 is 9.84 Å². The van der Waals surface area contributed by atoms with Crippen molar-refractivity contribution in [2.75, 3.05) is 19.7 Å². The van der Waals surface area contributed by atoms with Crippen molar-refractivity contribution in [2.45, 2.75) is 25.3 Å². The van der Waals surface area contributed by atoms with Crippen molar-refractivity contribution in [2.24, 2.45) is 0 Å². The zero-order valence-corrected chi connectivity index (χ0v) is 12.8. The molecular weight excluding hydrogens is 312 g/mol. The summed E-state index contributed by atoms with van der Waals surface area (Å²) in [4.78, 5) is 23.2. The van der Waals surface area contributed by atoms with Crippen molar-refractivity contribution in [3.63, 3.8) is 0 Å². The number of carbonyl (C=O) groups is 1. The molecule has 1 fully saturated rings. The zero-order chi connectivity index (χ0) is 15.2. The summed E-state index contributed by atoms with van der Waals surface area (Å²) in [5.41, 5.74) is -0.0196. The van der Waals surface area contributed by atoms with E-state index >= 15 is 0 Å². The van der Waals surface area contributed by atoms with Crippen LogP contribution in [0.15, 0.2) is 24.3 Å². The third-order valence-electron chi connectivity index (χ3n) is 3.57. The van der Waals surface area contributed by atoms with Crippen LogP contribution in [0.2, 0.25) is 0 Å². The lowest BCUT2D eigenvalue weighted by Crippen LogP contribution is -2.46. The lowest BCUT2D eigenvalue weighted by Gasteiger charge is -2.32. The predicted molar refractivity (Wildman–Crippen MR) is 82.7 cm³/mol. The van der Waals surface area contributed by atoms with Gasteiger partial charge in [0.1, 0.15) is 18.4 Å². The van der Waals surface area contributed by atoms with E-state index in [1.54, 1.807) is 12.1 Å². The summed E-state index contributed by atoms with van der Waals surface area (Å²) in [6.07, 6.45) is 2.58. The van der Waals surface area contributed by atoms with E-state index in [-0.39, 0.29) is 18.1 Å². The Bertz CT molecular complexity index is 526. The maximum atomic E-state index is 11.2. The second-order valence-corrected chi connectivity index (χ2v) is 4.99. The van der Waals surface area contributed by atoms with Crippen molar-refractivity contribution in [1.29, 1.82) is 0 Å². The Labute approximate surface area is 134 Å². The minimum absolute atomic E-state index is 0. The van der Waals surface area contributed by atoms with Crippen LogP contribution in [0.3, 0.4) is 0 Å². The van der Waals surface area contributed by atoms with E-state index in [4.69, 9.17) is 9.84 Å². The molecule has 0 saturated carbocycles. The maximum Gasteiger partial charge on any atom is 0.320 e. The minimum Gasteiger partial charge on any atom is -0.492 e. The van der Waals surface area contributed by atoms with E-state index in [0.717, 1.165) is 19.4 Å². The Balaban J connectivity index is 0.00000242. The standard InChI is InChI=1S/C14H18N2O5.ClH/c17-14(18)13-6-1-2-7-15(13)8-9-21-12-5-3-4-11(10-12)16(19)20;/h3-5,10,13H,1-2,6-9H2,(H,17,18);1H. The van der Waals surface area contributed by atoms with E-state index in [1.165, 1.54) is 12.1 Å². The molecule has 1 N–H and O–H groups in total. The summed E-state index contributed by atoms with van der Waals surface area (Å²) in [6, 6.07) is 5.53. The molecular formula is C14H19ClN2O5. The number of nitro benzene ring substituents is 1. The SMILES string of the molecule is Cl.O=C(O)C1CCCCN1CCOc1cccc([N+](=O)[O-])c1. The van der Waals surface area contributed by atoms with Gasteiger partial charge in [0.2, 0.25) is 0 Å². The first kappa shape index (κ1) is 18.2. The van der Waals surface area contributed by atoms with Crippen LogP contribution in [0, 0.1) is 10.1 Å². The smallest absolute Gasteiger partial charge is 0.320 e. The van der Waals surface area contributed by atoms with Crippen molar-refractivity contribution in [3.05, 3.63) is 34.4 Å². The highest BCUT2D eigenvalue weighted by Gasteiger charge is 2.27. The van der Waals surface area contributed by atoms with Crippen molar-refractivity contribution < 1.29 is 19.6 Å². The van der Waals surface area contributed by atoms with Gasteiger partial charge in [0.15, 0.2) is 0 Å². The van der Waals surface area contributed by atoms with Gasteiger partial charge in [-0.1, -0.05) is 12.5 Å². The summed E-state index contributed by atoms with van der Waals surface area (Å²) in [7, 11) is 0. The van der Waals surface area contributed by atoms with Crippen LogP contribution in [0.5, 0.6) is 5.75 Å². The first-order valence-corrected chi connectivity index (χ1v) is 6.92. The van der Waals surface area contributed by atoms with Crippen LogP contribution in [-0.2, 0) is 4.79 Å². The van der Waals surface area contributed by atoms with E-state index in [9.17, 15) is 14.9 Å². The summed E-state index contributed by atoms with van der Waals surface area (Å²) in [5.74, 6) is -0.377. The number of carboxylic acids is 1.